The van der Waals surface area contributed by atoms with E-state index in [1.165, 1.54) is 7.11 Å². The molecule has 1 fully saturated rings. The van der Waals surface area contributed by atoms with E-state index in [0.29, 0.717) is 12.1 Å². The van der Waals surface area contributed by atoms with Crippen LogP contribution < -0.4 is 11.1 Å². The van der Waals surface area contributed by atoms with Crippen molar-refractivity contribution in [2.45, 2.75) is 37.8 Å². The normalized spacial score (nSPS) is 26.4. The Hall–Kier alpha value is -0.320. The minimum Gasteiger partial charge on any atom is -0.375 e. The number of nitrogens with one attached hydrogen (secondary N) is 1. The number of carbonyl (C=O) groups is 1. The predicted molar refractivity (Wildman–Crippen MR) is 57.5 cm³/mol. The predicted octanol–water partition coefficient (Wildman–Crippen LogP) is 0.441. The molecule has 0 atom stereocenters. The largest absolute Gasteiger partial charge is 0.375 e. The van der Waals surface area contributed by atoms with Crippen LogP contribution in [0.4, 0.5) is 0 Å². The Bertz CT molecular complexity index is 170. The highest BCUT2D eigenvalue weighted by molar-refractivity contribution is 5.85. The first kappa shape index (κ1) is 13.7. The van der Waals surface area contributed by atoms with Crippen molar-refractivity contribution in [2.75, 3.05) is 13.7 Å². The lowest BCUT2D eigenvalue weighted by atomic mass is 9.92. The highest BCUT2D eigenvalue weighted by Gasteiger charge is 2.19. The Morgan fingerprint density at radius 1 is 1.43 bits per heavy atom. The van der Waals surface area contributed by atoms with Crippen molar-refractivity contribution in [3.63, 3.8) is 0 Å². The van der Waals surface area contributed by atoms with Gasteiger partial charge in [-0.25, -0.2) is 0 Å². The van der Waals surface area contributed by atoms with E-state index in [1.54, 1.807) is 0 Å². The van der Waals surface area contributed by atoms with E-state index in [0.717, 1.165) is 25.7 Å². The Balaban J connectivity index is 0.00000169. The van der Waals surface area contributed by atoms with Gasteiger partial charge < -0.3 is 15.8 Å². The summed E-state index contributed by atoms with van der Waals surface area (Å²) < 4.78 is 4.73. The molecule has 4 nitrogen and oxygen atoms in total. The molecule has 1 rings (SSSR count). The van der Waals surface area contributed by atoms with Crippen LogP contribution in [0.25, 0.3) is 0 Å². The van der Waals surface area contributed by atoms with E-state index in [9.17, 15) is 4.79 Å². The molecule has 0 unspecified atom stereocenters. The number of halogens is 1. The number of hydrogen-bond acceptors (Lipinski definition) is 3. The molecule has 1 aliphatic rings. The van der Waals surface area contributed by atoms with Crippen molar-refractivity contribution in [3.05, 3.63) is 0 Å². The Kier molecular flexibility index (Phi) is 6.87. The quantitative estimate of drug-likeness (QED) is 0.729. The average Bonchev–Trinajstić information content (AvgIpc) is 2.09. The first-order valence-corrected chi connectivity index (χ1v) is 4.76. The summed E-state index contributed by atoms with van der Waals surface area (Å²) in [5, 5.41) is 2.92. The van der Waals surface area contributed by atoms with Gasteiger partial charge in [0.1, 0.15) is 6.61 Å². The van der Waals surface area contributed by atoms with Gasteiger partial charge in [-0.1, -0.05) is 0 Å². The first-order chi connectivity index (χ1) is 6.22. The Morgan fingerprint density at radius 2 is 2.00 bits per heavy atom. The van der Waals surface area contributed by atoms with E-state index in [4.69, 9.17) is 10.5 Å². The van der Waals surface area contributed by atoms with Crippen LogP contribution in [-0.4, -0.2) is 31.7 Å². The van der Waals surface area contributed by atoms with Crippen LogP contribution in [0.1, 0.15) is 25.7 Å². The third kappa shape index (κ3) is 4.79. The maximum atomic E-state index is 11.1. The van der Waals surface area contributed by atoms with Crippen molar-refractivity contribution in [1.82, 2.24) is 5.32 Å². The maximum Gasteiger partial charge on any atom is 0.246 e. The molecule has 0 spiro atoms. The SMILES string of the molecule is COCC(=O)NC1CCC(N)CC1.Cl. The number of carbonyl (C=O) groups excluding carboxylic acids is 1. The fraction of sp³-hybridized carbons (Fsp3) is 0.889. The molecular weight excluding hydrogens is 204 g/mol. The lowest BCUT2D eigenvalue weighted by Gasteiger charge is -2.26. The fourth-order valence-corrected chi connectivity index (χ4v) is 1.66. The third-order valence-electron chi connectivity index (χ3n) is 2.41. The molecule has 0 heterocycles. The molecule has 1 saturated carbocycles. The van der Waals surface area contributed by atoms with Gasteiger partial charge in [-0.15, -0.1) is 12.4 Å². The maximum absolute atomic E-state index is 11.1. The van der Waals surface area contributed by atoms with Gasteiger partial charge in [0, 0.05) is 19.2 Å². The van der Waals surface area contributed by atoms with Gasteiger partial charge in [0.05, 0.1) is 0 Å². The molecule has 0 saturated heterocycles. The van der Waals surface area contributed by atoms with E-state index in [-0.39, 0.29) is 24.9 Å². The minimum absolute atomic E-state index is 0. The van der Waals surface area contributed by atoms with Crippen molar-refractivity contribution in [1.29, 1.82) is 0 Å². The lowest BCUT2D eigenvalue weighted by Crippen LogP contribution is -2.41. The zero-order chi connectivity index (χ0) is 9.68. The van der Waals surface area contributed by atoms with Gasteiger partial charge in [0.25, 0.3) is 0 Å². The molecule has 0 aromatic heterocycles. The topological polar surface area (TPSA) is 64.3 Å². The highest BCUT2D eigenvalue weighted by Crippen LogP contribution is 2.16. The van der Waals surface area contributed by atoms with Crippen LogP contribution >= 0.6 is 12.4 Å². The molecule has 0 aliphatic heterocycles. The van der Waals surface area contributed by atoms with Gasteiger partial charge in [0.15, 0.2) is 0 Å². The molecule has 84 valence electrons. The zero-order valence-corrected chi connectivity index (χ0v) is 9.31. The summed E-state index contributed by atoms with van der Waals surface area (Å²) in [6.45, 7) is 0.155. The van der Waals surface area contributed by atoms with Gasteiger partial charge in [-0.05, 0) is 25.7 Å². The molecule has 3 N–H and O–H groups in total. The Labute approximate surface area is 91.0 Å². The van der Waals surface area contributed by atoms with Gasteiger partial charge in [-0.2, -0.15) is 0 Å². The summed E-state index contributed by atoms with van der Waals surface area (Å²) in [6, 6.07) is 0.637. The fourth-order valence-electron chi connectivity index (χ4n) is 1.66. The van der Waals surface area contributed by atoms with Crippen LogP contribution in [0.15, 0.2) is 0 Å². The van der Waals surface area contributed by atoms with Crippen molar-refractivity contribution in [3.8, 4) is 0 Å². The lowest BCUT2D eigenvalue weighted by molar-refractivity contribution is -0.125. The van der Waals surface area contributed by atoms with Gasteiger partial charge in [0.2, 0.25) is 5.91 Å². The first-order valence-electron chi connectivity index (χ1n) is 4.76. The van der Waals surface area contributed by atoms with E-state index < -0.39 is 0 Å². The van der Waals surface area contributed by atoms with E-state index in [1.807, 2.05) is 0 Å². The van der Waals surface area contributed by atoms with Gasteiger partial charge in [-0.3, -0.25) is 4.79 Å². The number of rotatable bonds is 3. The molecular formula is C9H19ClN2O2. The molecule has 14 heavy (non-hydrogen) atoms. The van der Waals surface area contributed by atoms with Crippen LogP contribution in [0, 0.1) is 0 Å². The molecule has 5 heteroatoms. The van der Waals surface area contributed by atoms with E-state index in [2.05, 4.69) is 5.32 Å². The van der Waals surface area contributed by atoms with Gasteiger partial charge >= 0.3 is 0 Å². The van der Waals surface area contributed by atoms with Crippen molar-refractivity contribution >= 4 is 18.3 Å². The van der Waals surface area contributed by atoms with Crippen LogP contribution in [-0.2, 0) is 9.53 Å². The van der Waals surface area contributed by atoms with Crippen LogP contribution in [0.2, 0.25) is 0 Å². The standard InChI is InChI=1S/C9H18N2O2.ClH/c1-13-6-9(12)11-8-4-2-7(10)3-5-8;/h7-8H,2-6,10H2,1H3,(H,11,12);1H. The number of methoxy groups -OCH3 is 1. The molecule has 1 aliphatic carbocycles. The summed E-state index contributed by atoms with van der Waals surface area (Å²) in [6.07, 6.45) is 4.02. The number of amides is 1. The van der Waals surface area contributed by atoms with Crippen LogP contribution in [0.5, 0.6) is 0 Å². The van der Waals surface area contributed by atoms with Crippen molar-refractivity contribution < 1.29 is 9.53 Å². The Morgan fingerprint density at radius 3 is 2.50 bits per heavy atom. The average molecular weight is 223 g/mol. The summed E-state index contributed by atoms with van der Waals surface area (Å²) in [7, 11) is 1.52. The van der Waals surface area contributed by atoms with Crippen LogP contribution in [0.3, 0.4) is 0 Å². The van der Waals surface area contributed by atoms with E-state index >= 15 is 0 Å². The third-order valence-corrected chi connectivity index (χ3v) is 2.41. The smallest absolute Gasteiger partial charge is 0.246 e. The molecule has 0 aromatic carbocycles. The second kappa shape index (κ2) is 7.04. The highest BCUT2D eigenvalue weighted by atomic mass is 35.5. The molecule has 0 bridgehead atoms. The zero-order valence-electron chi connectivity index (χ0n) is 8.49. The second-order valence-corrected chi connectivity index (χ2v) is 3.61. The minimum atomic E-state index is -0.0250. The summed E-state index contributed by atoms with van der Waals surface area (Å²) in [5.74, 6) is -0.0250. The summed E-state index contributed by atoms with van der Waals surface area (Å²) >= 11 is 0. The number of hydrogen-bond donors (Lipinski definition) is 2. The van der Waals surface area contributed by atoms with Crippen molar-refractivity contribution in [2.24, 2.45) is 5.73 Å². The molecule has 0 radical (unpaired) electrons. The number of ether oxygens (including phenoxy) is 1. The summed E-state index contributed by atoms with van der Waals surface area (Å²) in [5.41, 5.74) is 5.75. The molecule has 0 aromatic rings. The second-order valence-electron chi connectivity index (χ2n) is 3.61. The monoisotopic (exact) mass is 222 g/mol. The number of nitrogens with two attached hydrogens (primary N) is 1. The summed E-state index contributed by atoms with van der Waals surface area (Å²) in [4.78, 5) is 11.1. The molecule has 1 amide bonds.